The maximum Gasteiger partial charge on any atom is 0.0212 e. The standard InChI is InChI=1S/C17H21N/c1-2-17(13-14-18,15-9-5-3-6-10-15)16-11-7-4-8-12-16/h3-12H,2,13-14,18H2,1H3. The Balaban J connectivity index is 2.53. The molecule has 0 atom stereocenters. The van der Waals surface area contributed by atoms with Crippen LogP contribution in [0, 0.1) is 0 Å². The van der Waals surface area contributed by atoms with Gasteiger partial charge in [-0.1, -0.05) is 67.6 Å². The molecule has 0 heterocycles. The van der Waals surface area contributed by atoms with E-state index in [2.05, 4.69) is 67.6 Å². The van der Waals surface area contributed by atoms with E-state index in [9.17, 15) is 0 Å². The fourth-order valence-electron chi connectivity index (χ4n) is 2.80. The monoisotopic (exact) mass is 239 g/mol. The van der Waals surface area contributed by atoms with Gasteiger partial charge in [-0.05, 0) is 30.5 Å². The fraction of sp³-hybridized carbons (Fsp3) is 0.294. The highest BCUT2D eigenvalue weighted by Gasteiger charge is 2.31. The second-order valence-electron chi connectivity index (χ2n) is 4.71. The van der Waals surface area contributed by atoms with Crippen LogP contribution in [0.15, 0.2) is 60.7 Å². The second-order valence-corrected chi connectivity index (χ2v) is 4.71. The molecule has 1 nitrogen and oxygen atoms in total. The summed E-state index contributed by atoms with van der Waals surface area (Å²) in [5.74, 6) is 0. The lowest BCUT2D eigenvalue weighted by Gasteiger charge is -2.34. The van der Waals surface area contributed by atoms with Crippen molar-refractivity contribution in [1.82, 2.24) is 0 Å². The Hall–Kier alpha value is -1.60. The summed E-state index contributed by atoms with van der Waals surface area (Å²) >= 11 is 0. The molecule has 0 bridgehead atoms. The van der Waals surface area contributed by atoms with Crippen LogP contribution in [-0.2, 0) is 5.41 Å². The van der Waals surface area contributed by atoms with E-state index in [0.29, 0.717) is 6.54 Å². The molecule has 2 N–H and O–H groups in total. The molecule has 2 aromatic carbocycles. The van der Waals surface area contributed by atoms with Crippen molar-refractivity contribution in [3.8, 4) is 0 Å². The zero-order valence-electron chi connectivity index (χ0n) is 11.0. The van der Waals surface area contributed by atoms with E-state index >= 15 is 0 Å². The van der Waals surface area contributed by atoms with Crippen molar-refractivity contribution in [2.75, 3.05) is 6.54 Å². The Bertz CT molecular complexity index is 422. The number of hydrogen-bond donors (Lipinski definition) is 1. The van der Waals surface area contributed by atoms with Crippen LogP contribution >= 0.6 is 0 Å². The molecular weight excluding hydrogens is 218 g/mol. The summed E-state index contributed by atoms with van der Waals surface area (Å²) in [6.45, 7) is 2.95. The third-order valence-electron chi connectivity index (χ3n) is 3.83. The largest absolute Gasteiger partial charge is 0.330 e. The zero-order valence-corrected chi connectivity index (χ0v) is 11.0. The summed E-state index contributed by atoms with van der Waals surface area (Å²) in [6, 6.07) is 21.4. The third-order valence-corrected chi connectivity index (χ3v) is 3.83. The van der Waals surface area contributed by atoms with Crippen molar-refractivity contribution in [3.63, 3.8) is 0 Å². The molecule has 0 aliphatic heterocycles. The maximum absolute atomic E-state index is 5.86. The van der Waals surface area contributed by atoms with Gasteiger partial charge in [-0.2, -0.15) is 0 Å². The van der Waals surface area contributed by atoms with Gasteiger partial charge in [0, 0.05) is 5.41 Å². The van der Waals surface area contributed by atoms with E-state index in [4.69, 9.17) is 5.73 Å². The van der Waals surface area contributed by atoms with Crippen LogP contribution in [-0.4, -0.2) is 6.54 Å². The van der Waals surface area contributed by atoms with Crippen LogP contribution in [0.25, 0.3) is 0 Å². The Morgan fingerprint density at radius 1 is 0.833 bits per heavy atom. The van der Waals surface area contributed by atoms with E-state index in [-0.39, 0.29) is 5.41 Å². The average molecular weight is 239 g/mol. The van der Waals surface area contributed by atoms with Gasteiger partial charge in [0.25, 0.3) is 0 Å². The average Bonchev–Trinajstić information content (AvgIpc) is 2.47. The molecule has 0 unspecified atom stereocenters. The first kappa shape index (κ1) is 12.8. The first-order chi connectivity index (χ1) is 8.83. The number of benzene rings is 2. The van der Waals surface area contributed by atoms with Crippen LogP contribution in [0.5, 0.6) is 0 Å². The van der Waals surface area contributed by atoms with Crippen molar-refractivity contribution in [2.24, 2.45) is 5.73 Å². The van der Waals surface area contributed by atoms with Gasteiger partial charge in [-0.25, -0.2) is 0 Å². The first-order valence-corrected chi connectivity index (χ1v) is 6.64. The SMILES string of the molecule is CCC(CCN)(c1ccccc1)c1ccccc1. The summed E-state index contributed by atoms with van der Waals surface area (Å²) < 4.78 is 0. The minimum absolute atomic E-state index is 0.0528. The Morgan fingerprint density at radius 2 is 1.28 bits per heavy atom. The summed E-state index contributed by atoms with van der Waals surface area (Å²) in [6.07, 6.45) is 2.05. The minimum atomic E-state index is 0.0528. The molecule has 2 rings (SSSR count). The Morgan fingerprint density at radius 3 is 1.61 bits per heavy atom. The molecule has 0 amide bonds. The summed E-state index contributed by atoms with van der Waals surface area (Å²) in [5.41, 5.74) is 8.65. The highest BCUT2D eigenvalue weighted by atomic mass is 14.5. The van der Waals surface area contributed by atoms with E-state index in [1.165, 1.54) is 11.1 Å². The molecule has 0 aliphatic rings. The molecule has 0 fully saturated rings. The topological polar surface area (TPSA) is 26.0 Å². The lowest BCUT2D eigenvalue weighted by molar-refractivity contribution is 0.463. The zero-order chi connectivity index (χ0) is 12.8. The molecule has 18 heavy (non-hydrogen) atoms. The van der Waals surface area contributed by atoms with Gasteiger partial charge in [-0.3, -0.25) is 0 Å². The van der Waals surface area contributed by atoms with Crippen molar-refractivity contribution in [3.05, 3.63) is 71.8 Å². The van der Waals surface area contributed by atoms with Gasteiger partial charge in [-0.15, -0.1) is 0 Å². The highest BCUT2D eigenvalue weighted by molar-refractivity contribution is 5.39. The van der Waals surface area contributed by atoms with Crippen molar-refractivity contribution >= 4 is 0 Å². The predicted molar refractivity (Wildman–Crippen MR) is 77.6 cm³/mol. The van der Waals surface area contributed by atoms with Gasteiger partial charge >= 0.3 is 0 Å². The van der Waals surface area contributed by atoms with Gasteiger partial charge in [0.1, 0.15) is 0 Å². The summed E-state index contributed by atoms with van der Waals surface area (Å²) in [4.78, 5) is 0. The van der Waals surface area contributed by atoms with Crippen LogP contribution in [0.3, 0.4) is 0 Å². The molecule has 0 aromatic heterocycles. The number of nitrogens with two attached hydrogens (primary N) is 1. The maximum atomic E-state index is 5.86. The van der Waals surface area contributed by atoms with E-state index in [0.717, 1.165) is 12.8 Å². The molecule has 94 valence electrons. The van der Waals surface area contributed by atoms with Crippen LogP contribution in [0.2, 0.25) is 0 Å². The molecule has 0 aliphatic carbocycles. The highest BCUT2D eigenvalue weighted by Crippen LogP contribution is 2.38. The Kier molecular flexibility index (Phi) is 4.16. The van der Waals surface area contributed by atoms with Crippen LogP contribution in [0.1, 0.15) is 30.9 Å². The number of hydrogen-bond acceptors (Lipinski definition) is 1. The van der Waals surface area contributed by atoms with Crippen molar-refractivity contribution in [1.29, 1.82) is 0 Å². The summed E-state index contributed by atoms with van der Waals surface area (Å²) in [7, 11) is 0. The molecule has 1 heteroatoms. The smallest absolute Gasteiger partial charge is 0.0212 e. The molecule has 0 saturated heterocycles. The quantitative estimate of drug-likeness (QED) is 0.845. The Labute approximate surface area is 110 Å². The molecule has 2 aromatic rings. The summed E-state index contributed by atoms with van der Waals surface area (Å²) in [5, 5.41) is 0. The lowest BCUT2D eigenvalue weighted by Crippen LogP contribution is -2.30. The van der Waals surface area contributed by atoms with Crippen molar-refractivity contribution < 1.29 is 0 Å². The predicted octanol–water partition coefficient (Wildman–Crippen LogP) is 3.73. The minimum Gasteiger partial charge on any atom is -0.330 e. The van der Waals surface area contributed by atoms with E-state index < -0.39 is 0 Å². The van der Waals surface area contributed by atoms with E-state index in [1.54, 1.807) is 0 Å². The normalized spacial score (nSPS) is 11.4. The number of rotatable bonds is 5. The van der Waals surface area contributed by atoms with Gasteiger partial charge in [0.2, 0.25) is 0 Å². The lowest BCUT2D eigenvalue weighted by atomic mass is 9.70. The molecule has 0 spiro atoms. The second kappa shape index (κ2) is 5.83. The van der Waals surface area contributed by atoms with Crippen LogP contribution in [0.4, 0.5) is 0 Å². The van der Waals surface area contributed by atoms with Gasteiger partial charge in [0.15, 0.2) is 0 Å². The fourth-order valence-corrected chi connectivity index (χ4v) is 2.80. The van der Waals surface area contributed by atoms with Crippen molar-refractivity contribution in [2.45, 2.75) is 25.2 Å². The molecular formula is C17H21N. The molecule has 0 saturated carbocycles. The van der Waals surface area contributed by atoms with Gasteiger partial charge < -0.3 is 5.73 Å². The van der Waals surface area contributed by atoms with Gasteiger partial charge in [0.05, 0.1) is 0 Å². The first-order valence-electron chi connectivity index (χ1n) is 6.64. The third kappa shape index (κ3) is 2.32. The van der Waals surface area contributed by atoms with E-state index in [1.807, 2.05) is 0 Å². The van der Waals surface area contributed by atoms with Crippen LogP contribution < -0.4 is 5.73 Å². The molecule has 0 radical (unpaired) electrons.